The molecule has 1 atom stereocenters. The minimum atomic E-state index is -0.369. The molecule has 2 aromatic heterocycles. The fourth-order valence-corrected chi connectivity index (χ4v) is 7.66. The Morgan fingerprint density at radius 1 is 1.16 bits per heavy atom. The van der Waals surface area contributed by atoms with E-state index >= 15 is 0 Å². The molecule has 2 aromatic carbocycles. The Bertz CT molecular complexity index is 1910. The van der Waals surface area contributed by atoms with Gasteiger partial charge in [-0.25, -0.2) is 0 Å². The van der Waals surface area contributed by atoms with Crippen LogP contribution < -0.4 is 26.7 Å². The molecule has 5 aliphatic rings. The van der Waals surface area contributed by atoms with Gasteiger partial charge in [0.2, 0.25) is 0 Å². The van der Waals surface area contributed by atoms with Gasteiger partial charge in [0.05, 0.1) is 28.5 Å². The number of ether oxygens (including phenoxy) is 1. The lowest BCUT2D eigenvalue weighted by Gasteiger charge is -2.31. The van der Waals surface area contributed by atoms with E-state index in [9.17, 15) is 4.79 Å². The summed E-state index contributed by atoms with van der Waals surface area (Å²) >= 11 is 0. The lowest BCUT2D eigenvalue weighted by atomic mass is 9.93. The summed E-state index contributed by atoms with van der Waals surface area (Å²) in [6.45, 7) is 5.15. The van der Waals surface area contributed by atoms with Gasteiger partial charge in [-0.15, -0.1) is 6.42 Å². The Kier molecular flexibility index (Phi) is 6.22. The monoisotopic (exact) mass is 574 g/mol. The van der Waals surface area contributed by atoms with Crippen molar-refractivity contribution < 1.29 is 4.74 Å². The van der Waals surface area contributed by atoms with Crippen LogP contribution in [0.4, 0.5) is 5.69 Å². The summed E-state index contributed by atoms with van der Waals surface area (Å²) in [6, 6.07) is 9.78. The van der Waals surface area contributed by atoms with Crippen molar-refractivity contribution in [1.29, 1.82) is 0 Å². The third-order valence-corrected chi connectivity index (χ3v) is 9.76. The standard InChI is InChI=1S/C33H34N8O2/c1-2-20-6-3-7-21-12-23(34)13-27(28(20)21)41-31(42)30-26(18-37-41)29(25-14-24-17-35-15-22(25)16-36-24)38-32(39-30)43-19-33-8-4-10-40(33)11-5-9-33/h1,3,6-7,12-13,18,24,35-36H,4-5,8-11,14-17,19,34H2. The lowest BCUT2D eigenvalue weighted by Crippen LogP contribution is -2.43. The van der Waals surface area contributed by atoms with Crippen LogP contribution >= 0.6 is 0 Å². The summed E-state index contributed by atoms with van der Waals surface area (Å²) in [7, 11) is 0. The molecular formula is C33H34N8O2. The largest absolute Gasteiger partial charge is 0.461 e. The molecule has 0 saturated carbocycles. The predicted octanol–water partition coefficient (Wildman–Crippen LogP) is 2.62. The van der Waals surface area contributed by atoms with Gasteiger partial charge in [0, 0.05) is 42.3 Å². The normalized spacial score (nSPS) is 21.3. The maximum atomic E-state index is 14.4. The van der Waals surface area contributed by atoms with E-state index in [1.807, 2.05) is 24.3 Å². The quantitative estimate of drug-likeness (QED) is 0.244. The van der Waals surface area contributed by atoms with Crippen molar-refractivity contribution >= 4 is 32.9 Å². The molecule has 0 aliphatic carbocycles. The number of nitrogens with one attached hydrogen (secondary N) is 2. The van der Waals surface area contributed by atoms with E-state index in [1.54, 1.807) is 12.3 Å². The molecule has 1 unspecified atom stereocenters. The number of nitrogens with zero attached hydrogens (tertiary/aromatic N) is 5. The molecule has 4 aromatic rings. The fourth-order valence-electron chi connectivity index (χ4n) is 7.66. The second kappa shape index (κ2) is 10.2. The molecule has 2 bridgehead atoms. The van der Waals surface area contributed by atoms with Gasteiger partial charge in [-0.2, -0.15) is 19.7 Å². The van der Waals surface area contributed by atoms with Crippen LogP contribution in [0.5, 0.6) is 6.01 Å². The average molecular weight is 575 g/mol. The molecule has 43 heavy (non-hydrogen) atoms. The summed E-state index contributed by atoms with van der Waals surface area (Å²) in [5.41, 5.74) is 11.0. The van der Waals surface area contributed by atoms with Crippen LogP contribution in [0.15, 0.2) is 46.9 Å². The van der Waals surface area contributed by atoms with Gasteiger partial charge in [-0.3, -0.25) is 9.69 Å². The fraction of sp³-hybridized carbons (Fsp3) is 0.394. The average Bonchev–Trinajstić information content (AvgIpc) is 3.44. The zero-order valence-electron chi connectivity index (χ0n) is 24.0. The van der Waals surface area contributed by atoms with Crippen molar-refractivity contribution in [3.63, 3.8) is 0 Å². The number of aromatic nitrogens is 4. The van der Waals surface area contributed by atoms with Crippen molar-refractivity contribution in [3.8, 4) is 24.0 Å². The third kappa shape index (κ3) is 4.30. The number of fused-ring (bicyclic) bond motifs is 7. The smallest absolute Gasteiger partial charge is 0.317 e. The van der Waals surface area contributed by atoms with Crippen LogP contribution in [0.1, 0.15) is 43.4 Å². The Balaban J connectivity index is 1.32. The van der Waals surface area contributed by atoms with Crippen molar-refractivity contribution in [2.45, 2.75) is 43.7 Å². The molecule has 3 saturated heterocycles. The third-order valence-electron chi connectivity index (χ3n) is 9.76. The lowest BCUT2D eigenvalue weighted by molar-refractivity contribution is 0.107. The first-order valence-electron chi connectivity index (χ1n) is 15.2. The second-order valence-electron chi connectivity index (χ2n) is 12.3. The number of anilines is 1. The topological polar surface area (TPSA) is 123 Å². The first-order chi connectivity index (χ1) is 21.0. The first kappa shape index (κ1) is 26.3. The van der Waals surface area contributed by atoms with Gasteiger partial charge >= 0.3 is 6.01 Å². The minimum absolute atomic E-state index is 0.0279. The molecule has 10 nitrogen and oxygen atoms in total. The maximum Gasteiger partial charge on any atom is 0.317 e. The van der Waals surface area contributed by atoms with Crippen LogP contribution in [0, 0.1) is 12.3 Å². The molecule has 0 amide bonds. The number of terminal acetylenes is 1. The van der Waals surface area contributed by atoms with E-state index in [-0.39, 0.29) is 28.7 Å². The molecular weight excluding hydrogens is 540 g/mol. The van der Waals surface area contributed by atoms with Crippen LogP contribution in [-0.2, 0) is 0 Å². The predicted molar refractivity (Wildman–Crippen MR) is 167 cm³/mol. The van der Waals surface area contributed by atoms with Crippen molar-refractivity contribution in [1.82, 2.24) is 35.3 Å². The molecule has 4 N–H and O–H groups in total. The molecule has 218 valence electrons. The van der Waals surface area contributed by atoms with Gasteiger partial charge in [0.25, 0.3) is 5.56 Å². The van der Waals surface area contributed by atoms with E-state index < -0.39 is 0 Å². The molecule has 9 rings (SSSR count). The number of nitrogens with two attached hydrogens (primary N) is 1. The van der Waals surface area contributed by atoms with E-state index in [2.05, 4.69) is 26.6 Å². The van der Waals surface area contributed by atoms with Gasteiger partial charge in [0.15, 0.2) is 0 Å². The van der Waals surface area contributed by atoms with Crippen LogP contribution in [0.25, 0.3) is 32.9 Å². The van der Waals surface area contributed by atoms with Gasteiger partial charge < -0.3 is 21.1 Å². The van der Waals surface area contributed by atoms with Crippen molar-refractivity contribution in [2.24, 2.45) is 0 Å². The van der Waals surface area contributed by atoms with Crippen molar-refractivity contribution in [3.05, 3.63) is 63.7 Å². The van der Waals surface area contributed by atoms with Gasteiger partial charge in [-0.1, -0.05) is 18.1 Å². The Labute approximate surface area is 249 Å². The summed E-state index contributed by atoms with van der Waals surface area (Å²) in [5.74, 6) is 2.75. The van der Waals surface area contributed by atoms with Crippen LogP contribution in [0.2, 0.25) is 0 Å². The number of nitrogen functional groups attached to an aromatic ring is 1. The molecule has 3 fully saturated rings. The summed E-state index contributed by atoms with van der Waals surface area (Å²) in [4.78, 5) is 26.7. The Hall–Kier alpha value is -4.30. The second-order valence-corrected chi connectivity index (χ2v) is 12.3. The molecule has 0 spiro atoms. The summed E-state index contributed by atoms with van der Waals surface area (Å²) < 4.78 is 7.80. The first-order valence-corrected chi connectivity index (χ1v) is 15.2. The Morgan fingerprint density at radius 3 is 2.86 bits per heavy atom. The maximum absolute atomic E-state index is 14.4. The van der Waals surface area contributed by atoms with E-state index in [4.69, 9.17) is 26.9 Å². The number of benzene rings is 2. The minimum Gasteiger partial charge on any atom is -0.461 e. The molecule has 10 heteroatoms. The molecule has 0 radical (unpaired) electrons. The highest BCUT2D eigenvalue weighted by Gasteiger charge is 2.45. The summed E-state index contributed by atoms with van der Waals surface area (Å²) in [6.07, 6.45) is 12.9. The van der Waals surface area contributed by atoms with E-state index in [0.717, 1.165) is 74.0 Å². The number of rotatable bonds is 5. The Morgan fingerprint density at radius 2 is 2.02 bits per heavy atom. The summed E-state index contributed by atoms with van der Waals surface area (Å²) in [5, 5.41) is 14.0. The highest BCUT2D eigenvalue weighted by atomic mass is 16.5. The van der Waals surface area contributed by atoms with Crippen LogP contribution in [0.3, 0.4) is 0 Å². The van der Waals surface area contributed by atoms with E-state index in [0.29, 0.717) is 28.9 Å². The van der Waals surface area contributed by atoms with Crippen molar-refractivity contribution in [2.75, 3.05) is 45.1 Å². The molecule has 7 heterocycles. The highest BCUT2D eigenvalue weighted by Crippen LogP contribution is 2.39. The van der Waals surface area contributed by atoms with Gasteiger partial charge in [0.1, 0.15) is 12.1 Å². The van der Waals surface area contributed by atoms with Crippen LogP contribution in [-0.4, -0.2) is 75.6 Å². The highest BCUT2D eigenvalue weighted by molar-refractivity contribution is 5.98. The zero-order valence-corrected chi connectivity index (χ0v) is 24.0. The zero-order chi connectivity index (χ0) is 29.1. The number of hydrogen-bond donors (Lipinski definition) is 3. The molecule has 5 aliphatic heterocycles. The van der Waals surface area contributed by atoms with E-state index in [1.165, 1.54) is 23.1 Å². The SMILES string of the molecule is C#Cc1cccc2cc(N)cc(-n3ncc4c(C5=C6CNCC(C5)NC6)nc(OCC56CCCN5CCC6)nc4c3=O)c12. The van der Waals surface area contributed by atoms with Gasteiger partial charge in [-0.05, 0) is 79.9 Å². The number of hydrogen-bond acceptors (Lipinski definition) is 9.